The number of esters is 3. The van der Waals surface area contributed by atoms with Crippen molar-refractivity contribution in [3.05, 3.63) is 109 Å². The number of allylic oxidation sites excluding steroid dienone is 18. The lowest BCUT2D eigenvalue weighted by molar-refractivity contribution is -0.167. The molecule has 1 atom stereocenters. The molecule has 0 aliphatic carbocycles. The smallest absolute Gasteiger partial charge is 0.306 e. The molecular weight excluding hydrogens is 1010 g/mol. The molecular formula is C76H130O6. The van der Waals surface area contributed by atoms with Crippen molar-refractivity contribution in [2.24, 2.45) is 0 Å². The highest BCUT2D eigenvalue weighted by molar-refractivity contribution is 5.71. The molecule has 0 aliphatic heterocycles. The fourth-order valence-corrected chi connectivity index (χ4v) is 9.78. The van der Waals surface area contributed by atoms with Crippen molar-refractivity contribution >= 4 is 17.9 Å². The summed E-state index contributed by atoms with van der Waals surface area (Å²) in [6, 6.07) is 0. The summed E-state index contributed by atoms with van der Waals surface area (Å²) in [6.45, 7) is 6.51. The van der Waals surface area contributed by atoms with Crippen molar-refractivity contribution in [3.8, 4) is 0 Å². The van der Waals surface area contributed by atoms with Gasteiger partial charge >= 0.3 is 17.9 Å². The van der Waals surface area contributed by atoms with E-state index in [0.29, 0.717) is 19.3 Å². The summed E-state index contributed by atoms with van der Waals surface area (Å²) in [5, 5.41) is 0. The van der Waals surface area contributed by atoms with E-state index in [1.54, 1.807) is 0 Å². The number of ether oxygens (including phenoxy) is 3. The molecule has 82 heavy (non-hydrogen) atoms. The average Bonchev–Trinajstić information content (AvgIpc) is 3.47. The number of carbonyl (C=O) groups is 3. The van der Waals surface area contributed by atoms with Gasteiger partial charge in [0.05, 0.1) is 0 Å². The Morgan fingerprint density at radius 1 is 0.256 bits per heavy atom. The molecule has 0 aliphatic rings. The predicted octanol–water partition coefficient (Wildman–Crippen LogP) is 24.2. The summed E-state index contributed by atoms with van der Waals surface area (Å²) in [5.74, 6) is -0.952. The van der Waals surface area contributed by atoms with Crippen LogP contribution in [0.1, 0.15) is 335 Å². The fraction of sp³-hybridized carbons (Fsp3) is 0.724. The van der Waals surface area contributed by atoms with Gasteiger partial charge in [0.25, 0.3) is 0 Å². The number of unbranched alkanes of at least 4 members (excludes halogenated alkanes) is 34. The van der Waals surface area contributed by atoms with Crippen LogP contribution < -0.4 is 0 Å². The fourth-order valence-electron chi connectivity index (χ4n) is 9.78. The highest BCUT2D eigenvalue weighted by Gasteiger charge is 2.19. The van der Waals surface area contributed by atoms with Gasteiger partial charge in [0.2, 0.25) is 0 Å². The minimum Gasteiger partial charge on any atom is -0.462 e. The van der Waals surface area contributed by atoms with Gasteiger partial charge in [-0.25, -0.2) is 0 Å². The molecule has 0 spiro atoms. The molecule has 6 nitrogen and oxygen atoms in total. The Kier molecular flexibility index (Phi) is 66.2. The standard InChI is InChI=1S/C76H130O6/c1-4-7-10-13-16-19-22-25-28-31-34-36-38-40-42-45-48-51-54-57-60-63-66-69-75(78)81-72-73(71-80-74(77)68-65-62-59-56-53-50-47-44-33-30-27-24-21-18-15-12-9-6-3)82-76(79)70-67-64-61-58-55-52-49-46-43-41-39-37-35-32-29-26-23-20-17-14-11-8-5-2/h7,10,16,19,25,28,30,32-36,40,42,48,51,57,60,73H,4-6,8-9,11-15,17-18,20-24,26-27,29,31,37-39,41,43-47,49-50,52-56,58-59,61-72H2,1-3H3/b10-7-,19-16-,28-25-,33-30-,35-32-,36-34-,42-40-,51-48-,60-57-. The molecule has 0 heterocycles. The van der Waals surface area contributed by atoms with Gasteiger partial charge in [0.1, 0.15) is 13.2 Å². The van der Waals surface area contributed by atoms with Crippen LogP contribution in [0.25, 0.3) is 0 Å². The predicted molar refractivity (Wildman–Crippen MR) is 357 cm³/mol. The van der Waals surface area contributed by atoms with Gasteiger partial charge in [-0.15, -0.1) is 0 Å². The third-order valence-electron chi connectivity index (χ3n) is 15.0. The topological polar surface area (TPSA) is 78.9 Å². The number of rotatable bonds is 63. The van der Waals surface area contributed by atoms with Gasteiger partial charge < -0.3 is 14.2 Å². The molecule has 0 bridgehead atoms. The van der Waals surface area contributed by atoms with Gasteiger partial charge in [-0.05, 0) is 122 Å². The molecule has 470 valence electrons. The van der Waals surface area contributed by atoms with Crippen molar-refractivity contribution in [3.63, 3.8) is 0 Å². The Hall–Kier alpha value is -3.93. The minimum atomic E-state index is -0.808. The van der Waals surface area contributed by atoms with E-state index in [9.17, 15) is 14.4 Å². The van der Waals surface area contributed by atoms with E-state index in [0.717, 1.165) is 89.9 Å². The first-order valence-electron chi connectivity index (χ1n) is 34.9. The zero-order valence-corrected chi connectivity index (χ0v) is 54.0. The zero-order chi connectivity index (χ0) is 59.2. The summed E-state index contributed by atoms with van der Waals surface area (Å²) < 4.78 is 16.9. The molecule has 1 unspecified atom stereocenters. The third kappa shape index (κ3) is 66.9. The lowest BCUT2D eigenvalue weighted by Crippen LogP contribution is -2.30. The van der Waals surface area contributed by atoms with Crippen LogP contribution in [0.3, 0.4) is 0 Å². The molecule has 0 N–H and O–H groups in total. The van der Waals surface area contributed by atoms with Crippen LogP contribution >= 0.6 is 0 Å². The van der Waals surface area contributed by atoms with Crippen molar-refractivity contribution < 1.29 is 28.6 Å². The Balaban J connectivity index is 4.47. The lowest BCUT2D eigenvalue weighted by Gasteiger charge is -2.18. The quantitative estimate of drug-likeness (QED) is 0.0261. The van der Waals surface area contributed by atoms with Crippen LogP contribution in [0.4, 0.5) is 0 Å². The molecule has 0 fully saturated rings. The highest BCUT2D eigenvalue weighted by Crippen LogP contribution is 2.16. The normalized spacial score (nSPS) is 12.8. The van der Waals surface area contributed by atoms with E-state index in [4.69, 9.17) is 14.2 Å². The van der Waals surface area contributed by atoms with Crippen molar-refractivity contribution in [1.29, 1.82) is 0 Å². The maximum atomic E-state index is 13.0. The first-order valence-corrected chi connectivity index (χ1v) is 34.9. The van der Waals surface area contributed by atoms with Gasteiger partial charge in [0.15, 0.2) is 6.10 Å². The van der Waals surface area contributed by atoms with Crippen LogP contribution in [0, 0.1) is 0 Å². The van der Waals surface area contributed by atoms with E-state index in [-0.39, 0.29) is 37.5 Å². The van der Waals surface area contributed by atoms with Gasteiger partial charge in [0, 0.05) is 19.3 Å². The highest BCUT2D eigenvalue weighted by atomic mass is 16.6. The monoisotopic (exact) mass is 1140 g/mol. The van der Waals surface area contributed by atoms with E-state index < -0.39 is 6.10 Å². The Morgan fingerprint density at radius 2 is 0.488 bits per heavy atom. The van der Waals surface area contributed by atoms with Crippen LogP contribution in [-0.2, 0) is 28.6 Å². The minimum absolute atomic E-state index is 0.0981. The number of carbonyl (C=O) groups excluding carboxylic acids is 3. The van der Waals surface area contributed by atoms with Crippen LogP contribution in [0.15, 0.2) is 109 Å². The first kappa shape index (κ1) is 78.1. The maximum absolute atomic E-state index is 13.0. The molecule has 0 saturated carbocycles. The van der Waals surface area contributed by atoms with Crippen LogP contribution in [0.5, 0.6) is 0 Å². The Bertz CT molecular complexity index is 1640. The summed E-state index contributed by atoms with van der Waals surface area (Å²) in [5.41, 5.74) is 0. The van der Waals surface area contributed by atoms with Crippen molar-refractivity contribution in [2.45, 2.75) is 341 Å². The SMILES string of the molecule is CC/C=C\C/C=C\C/C=C\C/C=C\C/C=C\C/C=C\C/C=C\CCCC(=O)OCC(COC(=O)CCCCCCCCC/C=C\CCCCCCCCC)OC(=O)CCCCCCCCCCCCC/C=C\CCCCCCCCCC. The van der Waals surface area contributed by atoms with E-state index in [2.05, 4.69) is 130 Å². The Labute approximate surface area is 508 Å². The summed E-state index contributed by atoms with van der Waals surface area (Å²) >= 11 is 0. The average molecular weight is 1140 g/mol. The largest absolute Gasteiger partial charge is 0.462 e. The molecule has 0 aromatic carbocycles. The van der Waals surface area contributed by atoms with Crippen molar-refractivity contribution in [2.75, 3.05) is 13.2 Å². The van der Waals surface area contributed by atoms with E-state index >= 15 is 0 Å². The van der Waals surface area contributed by atoms with E-state index in [1.807, 2.05) is 0 Å². The summed E-state index contributed by atoms with van der Waals surface area (Å²) in [4.78, 5) is 38.4. The van der Waals surface area contributed by atoms with Crippen LogP contribution in [-0.4, -0.2) is 37.2 Å². The molecule has 0 amide bonds. The summed E-state index contributed by atoms with van der Waals surface area (Å²) in [7, 11) is 0. The van der Waals surface area contributed by atoms with Crippen LogP contribution in [0.2, 0.25) is 0 Å². The van der Waals surface area contributed by atoms with Gasteiger partial charge in [-0.1, -0.05) is 304 Å². The zero-order valence-electron chi connectivity index (χ0n) is 54.0. The molecule has 0 saturated heterocycles. The molecule has 0 radical (unpaired) electrons. The third-order valence-corrected chi connectivity index (χ3v) is 15.0. The molecule has 0 aromatic heterocycles. The number of hydrogen-bond donors (Lipinski definition) is 0. The molecule has 0 rings (SSSR count). The second-order valence-electron chi connectivity index (χ2n) is 23.1. The van der Waals surface area contributed by atoms with Gasteiger partial charge in [-0.2, -0.15) is 0 Å². The van der Waals surface area contributed by atoms with Gasteiger partial charge in [-0.3, -0.25) is 14.4 Å². The maximum Gasteiger partial charge on any atom is 0.306 e. The van der Waals surface area contributed by atoms with Crippen molar-refractivity contribution in [1.82, 2.24) is 0 Å². The second kappa shape index (κ2) is 69.6. The lowest BCUT2D eigenvalue weighted by atomic mass is 10.0. The molecule has 6 heteroatoms. The second-order valence-corrected chi connectivity index (χ2v) is 23.1. The molecule has 0 aromatic rings. The number of hydrogen-bond acceptors (Lipinski definition) is 6. The summed E-state index contributed by atoms with van der Waals surface area (Å²) in [6.07, 6.45) is 95.4. The van der Waals surface area contributed by atoms with E-state index in [1.165, 1.54) is 199 Å². The first-order chi connectivity index (χ1) is 40.5. The Morgan fingerprint density at radius 3 is 0.805 bits per heavy atom.